The van der Waals surface area contributed by atoms with Crippen LogP contribution in [0.4, 0.5) is 10.1 Å². The second kappa shape index (κ2) is 9.05. The van der Waals surface area contributed by atoms with Gasteiger partial charge in [-0.2, -0.15) is 0 Å². The normalized spacial score (nSPS) is 14.8. The quantitative estimate of drug-likeness (QED) is 0.811. The average Bonchev–Trinajstić information content (AvgIpc) is 2.69. The van der Waals surface area contributed by atoms with Crippen molar-refractivity contribution in [3.8, 4) is 5.75 Å². The summed E-state index contributed by atoms with van der Waals surface area (Å²) in [6, 6.07) is 10.8. The van der Waals surface area contributed by atoms with E-state index in [-0.39, 0.29) is 35.8 Å². The van der Waals surface area contributed by atoms with Crippen LogP contribution in [0, 0.1) is 5.82 Å². The predicted octanol–water partition coefficient (Wildman–Crippen LogP) is 3.05. The Morgan fingerprint density at radius 2 is 1.72 bits per heavy atom. The number of rotatable bonds is 5. The highest BCUT2D eigenvalue weighted by Gasteiger charge is 2.25. The molecule has 2 N–H and O–H groups in total. The van der Waals surface area contributed by atoms with Crippen LogP contribution in [0.2, 0.25) is 0 Å². The Labute approximate surface area is 169 Å². The third-order valence-electron chi connectivity index (χ3n) is 5.07. The first kappa shape index (κ1) is 20.8. The summed E-state index contributed by atoms with van der Waals surface area (Å²) in [5, 5.41) is 13.0. The van der Waals surface area contributed by atoms with Gasteiger partial charge in [-0.1, -0.05) is 19.9 Å². The summed E-state index contributed by atoms with van der Waals surface area (Å²) in [6.45, 7) is 6.35. The Balaban J connectivity index is 1.51. The van der Waals surface area contributed by atoms with Gasteiger partial charge in [0.05, 0.1) is 12.1 Å². The summed E-state index contributed by atoms with van der Waals surface area (Å²) in [4.78, 5) is 28.6. The number of carbonyl (C=O) groups excluding carboxylic acids is 2. The van der Waals surface area contributed by atoms with Crippen molar-refractivity contribution in [1.29, 1.82) is 0 Å². The van der Waals surface area contributed by atoms with Crippen LogP contribution in [0.25, 0.3) is 0 Å². The van der Waals surface area contributed by atoms with Crippen molar-refractivity contribution in [2.45, 2.75) is 19.8 Å². The van der Waals surface area contributed by atoms with E-state index in [0.717, 1.165) is 5.56 Å². The van der Waals surface area contributed by atoms with Crippen LogP contribution in [0.5, 0.6) is 5.75 Å². The van der Waals surface area contributed by atoms with Crippen molar-refractivity contribution in [3.05, 3.63) is 59.4 Å². The maximum Gasteiger partial charge on any atom is 0.257 e. The largest absolute Gasteiger partial charge is 0.507 e. The first-order valence-corrected chi connectivity index (χ1v) is 9.73. The number of anilines is 1. The van der Waals surface area contributed by atoms with Gasteiger partial charge in [0.25, 0.3) is 5.91 Å². The SMILES string of the molecule is CC(C)c1ccc(C(=O)N2CCN(CC(=O)Nc3ccc(F)cc3)CC2)c(O)c1. The van der Waals surface area contributed by atoms with E-state index in [1.807, 2.05) is 24.8 Å². The summed E-state index contributed by atoms with van der Waals surface area (Å²) < 4.78 is 12.9. The lowest BCUT2D eigenvalue weighted by Gasteiger charge is -2.34. The number of amides is 2. The molecule has 0 aromatic heterocycles. The van der Waals surface area contributed by atoms with Crippen LogP contribution in [-0.4, -0.2) is 59.4 Å². The Morgan fingerprint density at radius 1 is 1.07 bits per heavy atom. The minimum atomic E-state index is -0.353. The fourth-order valence-corrected chi connectivity index (χ4v) is 3.30. The van der Waals surface area contributed by atoms with Crippen molar-refractivity contribution >= 4 is 17.5 Å². The zero-order chi connectivity index (χ0) is 21.0. The van der Waals surface area contributed by atoms with Gasteiger partial charge in [0.2, 0.25) is 5.91 Å². The van der Waals surface area contributed by atoms with Gasteiger partial charge in [-0.15, -0.1) is 0 Å². The number of aromatic hydroxyl groups is 1. The summed E-state index contributed by atoms with van der Waals surface area (Å²) in [7, 11) is 0. The van der Waals surface area contributed by atoms with E-state index in [4.69, 9.17) is 0 Å². The van der Waals surface area contributed by atoms with Crippen molar-refractivity contribution in [2.75, 3.05) is 38.0 Å². The molecule has 1 heterocycles. The van der Waals surface area contributed by atoms with Gasteiger partial charge >= 0.3 is 0 Å². The van der Waals surface area contributed by atoms with E-state index >= 15 is 0 Å². The van der Waals surface area contributed by atoms with E-state index < -0.39 is 0 Å². The van der Waals surface area contributed by atoms with E-state index in [2.05, 4.69) is 5.32 Å². The minimum absolute atomic E-state index is 0.00213. The molecule has 6 nitrogen and oxygen atoms in total. The number of hydrogen-bond acceptors (Lipinski definition) is 4. The maximum atomic E-state index is 12.9. The molecule has 0 radical (unpaired) electrons. The van der Waals surface area contributed by atoms with Gasteiger partial charge in [-0.25, -0.2) is 4.39 Å². The maximum absolute atomic E-state index is 12.9. The highest BCUT2D eigenvalue weighted by atomic mass is 19.1. The summed E-state index contributed by atoms with van der Waals surface area (Å²) >= 11 is 0. The Hall–Kier alpha value is -2.93. The molecule has 0 spiro atoms. The van der Waals surface area contributed by atoms with Gasteiger partial charge in [0.1, 0.15) is 11.6 Å². The van der Waals surface area contributed by atoms with Crippen LogP contribution < -0.4 is 5.32 Å². The van der Waals surface area contributed by atoms with E-state index in [0.29, 0.717) is 37.4 Å². The van der Waals surface area contributed by atoms with Crippen LogP contribution in [0.15, 0.2) is 42.5 Å². The minimum Gasteiger partial charge on any atom is -0.507 e. The first-order valence-electron chi connectivity index (χ1n) is 9.73. The Morgan fingerprint density at radius 3 is 2.31 bits per heavy atom. The third kappa shape index (κ3) is 5.32. The standard InChI is InChI=1S/C22H26FN3O3/c1-15(2)16-3-8-19(20(27)13-16)22(29)26-11-9-25(10-12-26)14-21(28)24-18-6-4-17(23)5-7-18/h3-8,13,15,27H,9-12,14H2,1-2H3,(H,24,28). The van der Waals surface area contributed by atoms with E-state index in [1.165, 1.54) is 24.3 Å². The van der Waals surface area contributed by atoms with Gasteiger partial charge in [0, 0.05) is 31.9 Å². The lowest BCUT2D eigenvalue weighted by Crippen LogP contribution is -2.50. The molecular weight excluding hydrogens is 373 g/mol. The number of benzene rings is 2. The topological polar surface area (TPSA) is 72.9 Å². The molecule has 0 saturated carbocycles. The molecule has 2 amide bonds. The number of hydrogen-bond donors (Lipinski definition) is 2. The molecule has 3 rings (SSSR count). The highest BCUT2D eigenvalue weighted by molar-refractivity contribution is 5.97. The molecule has 0 atom stereocenters. The van der Waals surface area contributed by atoms with Crippen LogP contribution in [-0.2, 0) is 4.79 Å². The van der Waals surface area contributed by atoms with Crippen molar-refractivity contribution in [3.63, 3.8) is 0 Å². The fourth-order valence-electron chi connectivity index (χ4n) is 3.30. The van der Waals surface area contributed by atoms with Crippen LogP contribution in [0.3, 0.4) is 0 Å². The number of carbonyl (C=O) groups is 2. The molecule has 0 bridgehead atoms. The summed E-state index contributed by atoms with van der Waals surface area (Å²) in [5.74, 6) is -0.461. The molecular formula is C22H26FN3O3. The number of phenolic OH excluding ortho intramolecular Hbond substituents is 1. The number of piperazine rings is 1. The average molecular weight is 399 g/mol. The molecule has 1 fully saturated rings. The lowest BCUT2D eigenvalue weighted by atomic mass is 10.0. The molecule has 154 valence electrons. The number of nitrogens with one attached hydrogen (secondary N) is 1. The number of halogens is 1. The Bertz CT molecular complexity index is 875. The first-order chi connectivity index (χ1) is 13.8. The number of nitrogens with zero attached hydrogens (tertiary/aromatic N) is 2. The molecule has 1 aliphatic rings. The van der Waals surface area contributed by atoms with Crippen LogP contribution in [0.1, 0.15) is 35.7 Å². The molecule has 0 aliphatic carbocycles. The fraction of sp³-hybridized carbons (Fsp3) is 0.364. The molecule has 7 heteroatoms. The molecule has 1 aliphatic heterocycles. The Kier molecular flexibility index (Phi) is 6.49. The van der Waals surface area contributed by atoms with Gasteiger partial charge < -0.3 is 15.3 Å². The van der Waals surface area contributed by atoms with E-state index in [1.54, 1.807) is 17.0 Å². The van der Waals surface area contributed by atoms with Crippen molar-refractivity contribution in [1.82, 2.24) is 9.80 Å². The molecule has 29 heavy (non-hydrogen) atoms. The van der Waals surface area contributed by atoms with Gasteiger partial charge in [-0.05, 0) is 47.9 Å². The lowest BCUT2D eigenvalue weighted by molar-refractivity contribution is -0.117. The summed E-state index contributed by atoms with van der Waals surface area (Å²) in [6.07, 6.45) is 0. The molecule has 2 aromatic carbocycles. The second-order valence-corrected chi connectivity index (χ2v) is 7.55. The van der Waals surface area contributed by atoms with Crippen molar-refractivity contribution < 1.29 is 19.1 Å². The van der Waals surface area contributed by atoms with Gasteiger partial charge in [0.15, 0.2) is 0 Å². The zero-order valence-corrected chi connectivity index (χ0v) is 16.7. The smallest absolute Gasteiger partial charge is 0.257 e. The number of phenols is 1. The summed E-state index contributed by atoms with van der Waals surface area (Å²) in [5.41, 5.74) is 1.83. The van der Waals surface area contributed by atoms with Crippen molar-refractivity contribution in [2.24, 2.45) is 0 Å². The monoisotopic (exact) mass is 399 g/mol. The molecule has 1 saturated heterocycles. The molecule has 2 aromatic rings. The van der Waals surface area contributed by atoms with Crippen LogP contribution >= 0.6 is 0 Å². The predicted molar refractivity (Wildman–Crippen MR) is 110 cm³/mol. The highest BCUT2D eigenvalue weighted by Crippen LogP contribution is 2.25. The third-order valence-corrected chi connectivity index (χ3v) is 5.07. The second-order valence-electron chi connectivity index (χ2n) is 7.55. The molecule has 0 unspecified atom stereocenters. The van der Waals surface area contributed by atoms with E-state index in [9.17, 15) is 19.1 Å². The zero-order valence-electron chi connectivity index (χ0n) is 16.7. The van der Waals surface area contributed by atoms with Gasteiger partial charge in [-0.3, -0.25) is 14.5 Å².